The van der Waals surface area contributed by atoms with E-state index in [0.29, 0.717) is 5.69 Å². The van der Waals surface area contributed by atoms with Crippen molar-refractivity contribution in [2.75, 3.05) is 5.73 Å². The number of nitrogens with two attached hydrogens (primary N) is 1. The number of anilines is 1. The quantitative estimate of drug-likeness (QED) is 0.849. The number of hydrogen-bond donors (Lipinski definition) is 1. The van der Waals surface area contributed by atoms with Crippen LogP contribution in [0.3, 0.4) is 0 Å². The van der Waals surface area contributed by atoms with E-state index in [9.17, 15) is 8.60 Å². The van der Waals surface area contributed by atoms with E-state index in [1.807, 2.05) is 0 Å². The molecule has 17 heavy (non-hydrogen) atoms. The zero-order valence-corrected chi connectivity index (χ0v) is 9.78. The summed E-state index contributed by atoms with van der Waals surface area (Å²) in [5.41, 5.74) is 6.56. The molecule has 0 aliphatic carbocycles. The molecule has 5 heteroatoms. The molecule has 0 radical (unpaired) electrons. The largest absolute Gasteiger partial charge is 0.399 e. The Bertz CT molecular complexity index is 545. The number of nitrogens with zero attached hydrogens (tertiary/aromatic N) is 1. The molecule has 1 atom stereocenters. The summed E-state index contributed by atoms with van der Waals surface area (Å²) < 4.78 is 25.5. The van der Waals surface area contributed by atoms with Crippen LogP contribution in [0.15, 0.2) is 47.6 Å². The van der Waals surface area contributed by atoms with Gasteiger partial charge in [-0.25, -0.2) is 4.39 Å². The van der Waals surface area contributed by atoms with Crippen LogP contribution in [0.4, 0.5) is 10.1 Å². The third-order valence-corrected chi connectivity index (χ3v) is 3.64. The van der Waals surface area contributed by atoms with Crippen LogP contribution in [-0.4, -0.2) is 9.19 Å². The lowest BCUT2D eigenvalue weighted by Gasteiger charge is -2.04. The average molecular weight is 250 g/mol. The molecule has 0 fully saturated rings. The molecule has 1 aromatic carbocycles. The van der Waals surface area contributed by atoms with Gasteiger partial charge in [0, 0.05) is 18.1 Å². The van der Waals surface area contributed by atoms with Gasteiger partial charge < -0.3 is 5.73 Å². The van der Waals surface area contributed by atoms with Gasteiger partial charge in [-0.15, -0.1) is 0 Å². The van der Waals surface area contributed by atoms with Crippen LogP contribution in [0.2, 0.25) is 0 Å². The third-order valence-electron chi connectivity index (χ3n) is 2.22. The highest BCUT2D eigenvalue weighted by Crippen LogP contribution is 2.18. The molecule has 1 unspecified atom stereocenters. The van der Waals surface area contributed by atoms with E-state index in [0.717, 1.165) is 5.56 Å². The molecule has 2 rings (SSSR count). The Hall–Kier alpha value is -1.75. The predicted molar refractivity (Wildman–Crippen MR) is 65.2 cm³/mol. The number of pyridine rings is 1. The van der Waals surface area contributed by atoms with Crippen LogP contribution in [0.5, 0.6) is 0 Å². The Morgan fingerprint density at radius 3 is 2.82 bits per heavy atom. The lowest BCUT2D eigenvalue weighted by Crippen LogP contribution is -2.00. The molecule has 1 aromatic heterocycles. The first-order valence-electron chi connectivity index (χ1n) is 4.99. The standard InChI is InChI=1S/C12H11FN2OS/c13-11-6-10(14)3-4-12(11)17(16)8-9-2-1-5-15-7-9/h1-7H,8,14H2. The third kappa shape index (κ3) is 2.88. The van der Waals surface area contributed by atoms with Gasteiger partial charge in [-0.05, 0) is 29.8 Å². The Morgan fingerprint density at radius 2 is 2.18 bits per heavy atom. The summed E-state index contributed by atoms with van der Waals surface area (Å²) in [4.78, 5) is 4.09. The maximum Gasteiger partial charge on any atom is 0.141 e. The number of halogens is 1. The average Bonchev–Trinajstić information content (AvgIpc) is 2.30. The normalized spacial score (nSPS) is 12.3. The molecule has 0 aliphatic rings. The van der Waals surface area contributed by atoms with Crippen molar-refractivity contribution in [1.82, 2.24) is 4.98 Å². The molecule has 1 heterocycles. The van der Waals surface area contributed by atoms with Gasteiger partial charge in [0.2, 0.25) is 0 Å². The fourth-order valence-corrected chi connectivity index (χ4v) is 2.54. The molecule has 0 aliphatic heterocycles. The summed E-state index contributed by atoms with van der Waals surface area (Å²) >= 11 is 0. The zero-order chi connectivity index (χ0) is 12.3. The minimum atomic E-state index is -1.42. The second kappa shape index (κ2) is 5.05. The summed E-state index contributed by atoms with van der Waals surface area (Å²) in [6.07, 6.45) is 3.25. The summed E-state index contributed by atoms with van der Waals surface area (Å²) in [6.45, 7) is 0. The molecule has 0 saturated carbocycles. The zero-order valence-electron chi connectivity index (χ0n) is 8.97. The van der Waals surface area contributed by atoms with Crippen LogP contribution in [0.25, 0.3) is 0 Å². The van der Waals surface area contributed by atoms with Gasteiger partial charge in [-0.3, -0.25) is 9.19 Å². The SMILES string of the molecule is Nc1ccc(S(=O)Cc2cccnc2)c(F)c1. The van der Waals surface area contributed by atoms with Gasteiger partial charge in [-0.1, -0.05) is 6.07 Å². The number of hydrogen-bond acceptors (Lipinski definition) is 3. The van der Waals surface area contributed by atoms with E-state index in [-0.39, 0.29) is 10.6 Å². The monoisotopic (exact) mass is 250 g/mol. The number of nitrogen functional groups attached to an aromatic ring is 1. The van der Waals surface area contributed by atoms with E-state index in [2.05, 4.69) is 4.98 Å². The second-order valence-electron chi connectivity index (χ2n) is 3.54. The Morgan fingerprint density at radius 1 is 1.35 bits per heavy atom. The van der Waals surface area contributed by atoms with Crippen molar-refractivity contribution in [2.45, 2.75) is 10.6 Å². The van der Waals surface area contributed by atoms with Crippen LogP contribution in [0.1, 0.15) is 5.56 Å². The molecule has 0 bridgehead atoms. The Balaban J connectivity index is 2.21. The van der Waals surface area contributed by atoms with Crippen molar-refractivity contribution in [3.8, 4) is 0 Å². The van der Waals surface area contributed by atoms with E-state index in [1.54, 1.807) is 30.6 Å². The fourth-order valence-electron chi connectivity index (χ4n) is 1.41. The van der Waals surface area contributed by atoms with Gasteiger partial charge in [-0.2, -0.15) is 0 Å². The van der Waals surface area contributed by atoms with Crippen molar-refractivity contribution in [3.05, 3.63) is 54.1 Å². The summed E-state index contributed by atoms with van der Waals surface area (Å²) in [7, 11) is -1.42. The van der Waals surface area contributed by atoms with E-state index in [1.165, 1.54) is 12.1 Å². The van der Waals surface area contributed by atoms with Gasteiger partial charge in [0.1, 0.15) is 5.82 Å². The van der Waals surface area contributed by atoms with Crippen LogP contribution >= 0.6 is 0 Å². The maximum atomic E-state index is 13.5. The van der Waals surface area contributed by atoms with Crippen LogP contribution < -0.4 is 5.73 Å². The van der Waals surface area contributed by atoms with Crippen molar-refractivity contribution in [3.63, 3.8) is 0 Å². The summed E-state index contributed by atoms with van der Waals surface area (Å²) in [5.74, 6) is -0.290. The van der Waals surface area contributed by atoms with Crippen molar-refractivity contribution in [1.29, 1.82) is 0 Å². The highest BCUT2D eigenvalue weighted by atomic mass is 32.2. The minimum absolute atomic E-state index is 0.169. The fraction of sp³-hybridized carbons (Fsp3) is 0.0833. The van der Waals surface area contributed by atoms with Crippen LogP contribution in [-0.2, 0) is 16.6 Å². The Kier molecular flexibility index (Phi) is 3.49. The van der Waals surface area contributed by atoms with E-state index >= 15 is 0 Å². The summed E-state index contributed by atoms with van der Waals surface area (Å²) in [5, 5.41) is 0. The molecule has 0 saturated heterocycles. The predicted octanol–water partition coefficient (Wildman–Crippen LogP) is 2.11. The molecule has 2 N–H and O–H groups in total. The molecule has 0 amide bonds. The van der Waals surface area contributed by atoms with Gasteiger partial charge in [0.05, 0.1) is 21.4 Å². The smallest absolute Gasteiger partial charge is 0.141 e. The van der Waals surface area contributed by atoms with Gasteiger partial charge in [0.15, 0.2) is 0 Å². The molecule has 88 valence electrons. The van der Waals surface area contributed by atoms with E-state index < -0.39 is 16.6 Å². The molecule has 0 spiro atoms. The Labute approximate surface area is 101 Å². The van der Waals surface area contributed by atoms with Gasteiger partial charge in [0.25, 0.3) is 0 Å². The van der Waals surface area contributed by atoms with Crippen molar-refractivity contribution >= 4 is 16.5 Å². The lowest BCUT2D eigenvalue weighted by molar-refractivity contribution is 0.596. The van der Waals surface area contributed by atoms with Gasteiger partial charge >= 0.3 is 0 Å². The number of rotatable bonds is 3. The highest BCUT2D eigenvalue weighted by molar-refractivity contribution is 7.84. The molecule has 2 aromatic rings. The van der Waals surface area contributed by atoms with Crippen LogP contribution in [0, 0.1) is 5.82 Å². The second-order valence-corrected chi connectivity index (χ2v) is 4.96. The maximum absolute atomic E-state index is 13.5. The summed E-state index contributed by atoms with van der Waals surface area (Å²) in [6, 6.07) is 7.74. The lowest BCUT2D eigenvalue weighted by atomic mass is 10.3. The molecular weight excluding hydrogens is 239 g/mol. The van der Waals surface area contributed by atoms with Crippen molar-refractivity contribution < 1.29 is 8.60 Å². The topological polar surface area (TPSA) is 56.0 Å². The molecule has 3 nitrogen and oxygen atoms in total. The number of benzene rings is 1. The number of aromatic nitrogens is 1. The molecular formula is C12H11FN2OS. The minimum Gasteiger partial charge on any atom is -0.399 e. The first-order valence-corrected chi connectivity index (χ1v) is 6.31. The first-order chi connectivity index (χ1) is 8.16. The highest BCUT2D eigenvalue weighted by Gasteiger charge is 2.10. The van der Waals surface area contributed by atoms with E-state index in [4.69, 9.17) is 5.73 Å². The first kappa shape index (κ1) is 11.7. The van der Waals surface area contributed by atoms with Crippen molar-refractivity contribution in [2.24, 2.45) is 0 Å².